The van der Waals surface area contributed by atoms with Crippen LogP contribution in [0.1, 0.15) is 19.2 Å². The number of nitrogens with two attached hydrogens (primary N) is 1. The Morgan fingerprint density at radius 2 is 2.17 bits per heavy atom. The topological polar surface area (TPSA) is 43.8 Å². The fraction of sp³-hybridized carbons (Fsp3) is 0.308. The van der Waals surface area contributed by atoms with Gasteiger partial charge in [-0.3, -0.25) is 0 Å². The lowest BCUT2D eigenvalue weighted by atomic mass is 10.1. The molecule has 2 aromatic rings. The molecule has 0 saturated carbocycles. The molecule has 3 nitrogen and oxygen atoms in total. The van der Waals surface area contributed by atoms with Gasteiger partial charge >= 0.3 is 0 Å². The first-order valence-corrected chi connectivity index (χ1v) is 6.99. The Kier molecular flexibility index (Phi) is 3.97. The Morgan fingerprint density at radius 3 is 2.83 bits per heavy atom. The van der Waals surface area contributed by atoms with Crippen LogP contribution < -0.4 is 5.73 Å². The number of nitrogen functional groups attached to an aromatic ring is 1. The molecular weight excluding hydrogens is 314 g/mol. The zero-order valence-electron chi connectivity index (χ0n) is 10.4. The fourth-order valence-electron chi connectivity index (χ4n) is 1.96. The van der Waals surface area contributed by atoms with Gasteiger partial charge < -0.3 is 10.3 Å². The number of hydrogen-bond acceptors (Lipinski definition) is 2. The normalized spacial score (nSPS) is 10.9. The van der Waals surface area contributed by atoms with E-state index in [1.807, 2.05) is 29.7 Å². The lowest BCUT2D eigenvalue weighted by molar-refractivity contribution is 0.665. The van der Waals surface area contributed by atoms with Gasteiger partial charge in [-0.25, -0.2) is 4.98 Å². The molecule has 0 saturated heterocycles. The summed E-state index contributed by atoms with van der Waals surface area (Å²) in [5.41, 5.74) is 7.89. The summed E-state index contributed by atoms with van der Waals surface area (Å²) in [6.07, 6.45) is 1.03. The number of aromatic nitrogens is 2. The molecule has 0 aliphatic rings. The molecule has 0 unspecified atom stereocenters. The monoisotopic (exact) mass is 327 g/mol. The van der Waals surface area contributed by atoms with E-state index >= 15 is 0 Å². The van der Waals surface area contributed by atoms with Crippen LogP contribution in [0.4, 0.5) is 5.82 Å². The van der Waals surface area contributed by atoms with E-state index in [0.29, 0.717) is 10.8 Å². The summed E-state index contributed by atoms with van der Waals surface area (Å²) >= 11 is 9.54. The van der Waals surface area contributed by atoms with Gasteiger partial charge in [0.15, 0.2) is 0 Å². The molecule has 2 N–H and O–H groups in total. The van der Waals surface area contributed by atoms with E-state index in [1.165, 1.54) is 0 Å². The number of nitrogens with zero attached hydrogens (tertiary/aromatic N) is 2. The van der Waals surface area contributed by atoms with E-state index in [2.05, 4.69) is 27.8 Å². The van der Waals surface area contributed by atoms with Gasteiger partial charge in [-0.05, 0) is 31.5 Å². The first kappa shape index (κ1) is 13.4. The van der Waals surface area contributed by atoms with Gasteiger partial charge in [-0.1, -0.05) is 34.5 Å². The van der Waals surface area contributed by atoms with Crippen molar-refractivity contribution in [3.05, 3.63) is 33.5 Å². The van der Waals surface area contributed by atoms with Crippen molar-refractivity contribution in [1.29, 1.82) is 0 Å². The number of imidazole rings is 1. The third-order valence-electron chi connectivity index (χ3n) is 2.83. The molecule has 0 aliphatic heterocycles. The minimum Gasteiger partial charge on any atom is -0.383 e. The third kappa shape index (κ3) is 2.40. The Hall–Kier alpha value is -1.00. The molecule has 0 fully saturated rings. The number of halogens is 2. The summed E-state index contributed by atoms with van der Waals surface area (Å²) in [6.45, 7) is 4.96. The van der Waals surface area contributed by atoms with E-state index in [-0.39, 0.29) is 0 Å². The van der Waals surface area contributed by atoms with Gasteiger partial charge in [0, 0.05) is 21.6 Å². The predicted octanol–water partition coefficient (Wildman–Crippen LogP) is 4.27. The highest BCUT2D eigenvalue weighted by Crippen LogP contribution is 2.34. The first-order valence-electron chi connectivity index (χ1n) is 5.82. The molecule has 2 rings (SSSR count). The molecule has 0 radical (unpaired) electrons. The molecule has 0 amide bonds. The molecule has 0 spiro atoms. The summed E-state index contributed by atoms with van der Waals surface area (Å²) in [4.78, 5) is 4.55. The highest BCUT2D eigenvalue weighted by Gasteiger charge is 2.15. The standard InChI is InChI=1S/C13H15BrClN3/c1-3-6-18-8(2)17-12(13(18)16)10-7-9(15)4-5-11(10)14/h4-5,7H,3,6,16H2,1-2H3. The lowest BCUT2D eigenvalue weighted by Crippen LogP contribution is -2.04. The molecule has 1 aromatic heterocycles. The highest BCUT2D eigenvalue weighted by molar-refractivity contribution is 9.10. The van der Waals surface area contributed by atoms with E-state index in [1.54, 1.807) is 0 Å². The van der Waals surface area contributed by atoms with Crippen LogP contribution in [0, 0.1) is 6.92 Å². The maximum absolute atomic E-state index is 6.18. The van der Waals surface area contributed by atoms with Crippen LogP contribution in [-0.2, 0) is 6.54 Å². The Morgan fingerprint density at radius 1 is 1.44 bits per heavy atom. The molecule has 5 heteroatoms. The second-order valence-electron chi connectivity index (χ2n) is 4.17. The molecule has 0 bridgehead atoms. The maximum Gasteiger partial charge on any atom is 0.131 e. The quantitative estimate of drug-likeness (QED) is 0.914. The van der Waals surface area contributed by atoms with Crippen LogP contribution in [-0.4, -0.2) is 9.55 Å². The SMILES string of the molecule is CCCn1c(C)nc(-c2cc(Cl)ccc2Br)c1N. The smallest absolute Gasteiger partial charge is 0.131 e. The van der Waals surface area contributed by atoms with Gasteiger partial charge in [-0.15, -0.1) is 0 Å². The zero-order valence-corrected chi connectivity index (χ0v) is 12.7. The van der Waals surface area contributed by atoms with Crippen LogP contribution >= 0.6 is 27.5 Å². The Bertz CT molecular complexity index is 578. The van der Waals surface area contributed by atoms with Crippen molar-refractivity contribution in [3.8, 4) is 11.3 Å². The van der Waals surface area contributed by atoms with Gasteiger partial charge in [0.1, 0.15) is 17.3 Å². The Balaban J connectivity index is 2.57. The van der Waals surface area contributed by atoms with Crippen LogP contribution in [0.5, 0.6) is 0 Å². The van der Waals surface area contributed by atoms with Gasteiger partial charge in [-0.2, -0.15) is 0 Å². The highest BCUT2D eigenvalue weighted by atomic mass is 79.9. The van der Waals surface area contributed by atoms with Crippen molar-refractivity contribution in [1.82, 2.24) is 9.55 Å². The van der Waals surface area contributed by atoms with Crippen LogP contribution in [0.3, 0.4) is 0 Å². The minimum atomic E-state index is 0.676. The second-order valence-corrected chi connectivity index (χ2v) is 5.46. The molecule has 1 aromatic carbocycles. The summed E-state index contributed by atoms with van der Waals surface area (Å²) in [5.74, 6) is 1.62. The lowest BCUT2D eigenvalue weighted by Gasteiger charge is -2.06. The van der Waals surface area contributed by atoms with Crippen molar-refractivity contribution in [2.75, 3.05) is 5.73 Å². The number of rotatable bonds is 3. The molecular formula is C13H15BrClN3. The number of hydrogen-bond donors (Lipinski definition) is 1. The van der Waals surface area contributed by atoms with E-state index in [4.69, 9.17) is 17.3 Å². The average Bonchev–Trinajstić information content (AvgIpc) is 2.61. The van der Waals surface area contributed by atoms with Crippen LogP contribution in [0.25, 0.3) is 11.3 Å². The summed E-state index contributed by atoms with van der Waals surface area (Å²) in [6, 6.07) is 5.62. The van der Waals surface area contributed by atoms with E-state index < -0.39 is 0 Å². The van der Waals surface area contributed by atoms with Crippen molar-refractivity contribution >= 4 is 33.3 Å². The van der Waals surface area contributed by atoms with Gasteiger partial charge in [0.05, 0.1) is 0 Å². The third-order valence-corrected chi connectivity index (χ3v) is 3.75. The molecule has 96 valence electrons. The van der Waals surface area contributed by atoms with E-state index in [9.17, 15) is 0 Å². The van der Waals surface area contributed by atoms with Crippen LogP contribution in [0.15, 0.2) is 22.7 Å². The van der Waals surface area contributed by atoms with Gasteiger partial charge in [0.2, 0.25) is 0 Å². The van der Waals surface area contributed by atoms with E-state index in [0.717, 1.165) is 34.5 Å². The largest absolute Gasteiger partial charge is 0.383 e. The number of anilines is 1. The predicted molar refractivity (Wildman–Crippen MR) is 79.8 cm³/mol. The van der Waals surface area contributed by atoms with Gasteiger partial charge in [0.25, 0.3) is 0 Å². The molecule has 1 heterocycles. The Labute approximate surface area is 120 Å². The summed E-state index contributed by atoms with van der Waals surface area (Å²) < 4.78 is 2.97. The molecule has 18 heavy (non-hydrogen) atoms. The summed E-state index contributed by atoms with van der Waals surface area (Å²) in [5, 5.41) is 0.676. The number of benzene rings is 1. The molecule has 0 atom stereocenters. The van der Waals surface area contributed by atoms with Crippen molar-refractivity contribution in [3.63, 3.8) is 0 Å². The van der Waals surface area contributed by atoms with Crippen LogP contribution in [0.2, 0.25) is 5.02 Å². The fourth-order valence-corrected chi connectivity index (χ4v) is 2.57. The minimum absolute atomic E-state index is 0.676. The first-order chi connectivity index (χ1) is 8.54. The maximum atomic E-state index is 6.18. The van der Waals surface area contributed by atoms with Crippen molar-refractivity contribution in [2.24, 2.45) is 0 Å². The number of aryl methyl sites for hydroxylation is 1. The van der Waals surface area contributed by atoms with Crippen molar-refractivity contribution in [2.45, 2.75) is 26.8 Å². The average molecular weight is 329 g/mol. The molecule has 0 aliphatic carbocycles. The summed E-state index contributed by atoms with van der Waals surface area (Å²) in [7, 11) is 0. The zero-order chi connectivity index (χ0) is 13.3. The van der Waals surface area contributed by atoms with Crippen molar-refractivity contribution < 1.29 is 0 Å². The second kappa shape index (κ2) is 5.33.